The Kier molecular flexibility index (Phi) is 4.63. The van der Waals surface area contributed by atoms with Gasteiger partial charge in [0.15, 0.2) is 6.23 Å². The largest absolute Gasteiger partial charge is 0.474 e. The third kappa shape index (κ3) is 3.31. The van der Waals surface area contributed by atoms with E-state index in [2.05, 4.69) is 18.7 Å². The first-order valence-corrected chi connectivity index (χ1v) is 9.82. The van der Waals surface area contributed by atoms with Crippen molar-refractivity contribution in [2.24, 2.45) is 0 Å². The van der Waals surface area contributed by atoms with Crippen molar-refractivity contribution in [3.8, 4) is 5.75 Å². The fourth-order valence-electron chi connectivity index (χ4n) is 3.70. The van der Waals surface area contributed by atoms with E-state index in [9.17, 15) is 8.42 Å². The second-order valence-corrected chi connectivity index (χ2v) is 8.87. The van der Waals surface area contributed by atoms with Crippen LogP contribution in [0.2, 0.25) is 0 Å². The summed E-state index contributed by atoms with van der Waals surface area (Å²) in [6, 6.07) is 5.77. The first-order valence-electron chi connectivity index (χ1n) is 8.42. The highest BCUT2D eigenvalue weighted by atomic mass is 32.2. The van der Waals surface area contributed by atoms with Crippen molar-refractivity contribution in [2.45, 2.75) is 51.3 Å². The third-order valence-corrected chi connectivity index (χ3v) is 6.03. The fraction of sp³-hybridized carbons (Fsp3) is 0.647. The molecule has 24 heavy (non-hydrogen) atoms. The molecule has 1 N–H and O–H groups in total. The minimum absolute atomic E-state index is 0.0161. The maximum atomic E-state index is 11.2. The van der Waals surface area contributed by atoms with Crippen molar-refractivity contribution in [2.75, 3.05) is 20.1 Å². The number of nitrogens with zero attached hydrogens (tertiary/aromatic N) is 2. The molecule has 134 valence electrons. The Balaban J connectivity index is 1.84. The van der Waals surface area contributed by atoms with Crippen LogP contribution in [0.5, 0.6) is 5.75 Å². The molecule has 6 nitrogen and oxygen atoms in total. The van der Waals surface area contributed by atoms with Crippen LogP contribution >= 0.6 is 0 Å². The maximum Gasteiger partial charge on any atom is 0.335 e. The molecule has 3 rings (SSSR count). The number of piperidine rings is 1. The number of benzene rings is 1. The zero-order valence-electron chi connectivity index (χ0n) is 14.5. The fourth-order valence-corrected chi connectivity index (χ4v) is 4.02. The van der Waals surface area contributed by atoms with Crippen LogP contribution in [0, 0.1) is 0 Å². The SMILES string of the molecule is CN(Cc1ccc2c(c1)C(C)(C)C(N1CCCCC1)O2)S(=O)(=O)O. The smallest absolute Gasteiger partial charge is 0.335 e. The first-order chi connectivity index (χ1) is 11.2. The summed E-state index contributed by atoms with van der Waals surface area (Å²) in [6.45, 7) is 6.60. The van der Waals surface area contributed by atoms with Crippen molar-refractivity contribution >= 4 is 10.3 Å². The van der Waals surface area contributed by atoms with Gasteiger partial charge in [-0.15, -0.1) is 0 Å². The summed E-state index contributed by atoms with van der Waals surface area (Å²) < 4.78 is 38.7. The molecule has 2 aliphatic rings. The van der Waals surface area contributed by atoms with Gasteiger partial charge in [-0.1, -0.05) is 32.4 Å². The zero-order chi connectivity index (χ0) is 17.5. The number of hydrogen-bond acceptors (Lipinski definition) is 4. The Bertz CT molecular complexity index is 711. The van der Waals surface area contributed by atoms with Crippen LogP contribution in [0.1, 0.15) is 44.2 Å². The summed E-state index contributed by atoms with van der Waals surface area (Å²) in [7, 11) is -2.82. The lowest BCUT2D eigenvalue weighted by Gasteiger charge is -2.38. The molecule has 1 aromatic rings. The standard InChI is InChI=1S/C17H26N2O4S/c1-17(2)14-11-13(12-18(3)24(20,21)22)7-8-15(14)23-16(17)19-9-5-4-6-10-19/h7-8,11,16H,4-6,9-10,12H2,1-3H3,(H,20,21,22). The van der Waals surface area contributed by atoms with E-state index in [1.54, 1.807) is 0 Å². The number of fused-ring (bicyclic) bond motifs is 1. The molecule has 1 atom stereocenters. The Hall–Kier alpha value is -1.15. The predicted molar refractivity (Wildman–Crippen MR) is 92.3 cm³/mol. The van der Waals surface area contributed by atoms with Gasteiger partial charge in [0.2, 0.25) is 0 Å². The van der Waals surface area contributed by atoms with Gasteiger partial charge in [-0.25, -0.2) is 0 Å². The van der Waals surface area contributed by atoms with Gasteiger partial charge in [-0.05, 0) is 24.5 Å². The normalized spacial score (nSPS) is 24.0. The molecular weight excluding hydrogens is 328 g/mol. The molecular formula is C17H26N2O4S. The zero-order valence-corrected chi connectivity index (χ0v) is 15.3. The van der Waals surface area contributed by atoms with Gasteiger partial charge in [-0.2, -0.15) is 12.7 Å². The third-order valence-electron chi connectivity index (χ3n) is 5.12. The second-order valence-electron chi connectivity index (χ2n) is 7.35. The molecule has 0 saturated carbocycles. The molecule has 1 saturated heterocycles. The van der Waals surface area contributed by atoms with Crippen LogP contribution < -0.4 is 4.74 Å². The summed E-state index contributed by atoms with van der Waals surface area (Å²) in [4.78, 5) is 2.41. The summed E-state index contributed by atoms with van der Waals surface area (Å²) in [5.41, 5.74) is 1.77. The molecule has 7 heteroatoms. The number of rotatable bonds is 4. The van der Waals surface area contributed by atoms with Crippen LogP contribution in [-0.4, -0.2) is 48.5 Å². The van der Waals surface area contributed by atoms with Crippen LogP contribution in [-0.2, 0) is 22.3 Å². The Labute approximate surface area is 144 Å². The molecule has 0 radical (unpaired) electrons. The summed E-state index contributed by atoms with van der Waals surface area (Å²) >= 11 is 0. The van der Waals surface area contributed by atoms with Crippen LogP contribution in [0.15, 0.2) is 18.2 Å². The molecule has 0 aliphatic carbocycles. The Morgan fingerprint density at radius 2 is 1.96 bits per heavy atom. The molecule has 1 aromatic carbocycles. The van der Waals surface area contributed by atoms with E-state index in [-0.39, 0.29) is 18.2 Å². The van der Waals surface area contributed by atoms with E-state index in [1.807, 2.05) is 18.2 Å². The first kappa shape index (κ1) is 17.7. The highest BCUT2D eigenvalue weighted by Gasteiger charge is 2.45. The topological polar surface area (TPSA) is 70.1 Å². The second kappa shape index (κ2) is 6.29. The maximum absolute atomic E-state index is 11.2. The van der Waals surface area contributed by atoms with Crippen molar-refractivity contribution in [3.05, 3.63) is 29.3 Å². The van der Waals surface area contributed by atoms with Gasteiger partial charge in [0, 0.05) is 37.7 Å². The molecule has 0 bridgehead atoms. The van der Waals surface area contributed by atoms with Crippen LogP contribution in [0.25, 0.3) is 0 Å². The van der Waals surface area contributed by atoms with Crippen molar-refractivity contribution in [1.82, 2.24) is 9.21 Å². The van der Waals surface area contributed by atoms with Crippen LogP contribution in [0.4, 0.5) is 0 Å². The molecule has 0 aromatic heterocycles. The van der Waals surface area contributed by atoms with E-state index < -0.39 is 10.3 Å². The van der Waals surface area contributed by atoms with Crippen LogP contribution in [0.3, 0.4) is 0 Å². The highest BCUT2D eigenvalue weighted by Crippen LogP contribution is 2.45. The molecule has 0 amide bonds. The molecule has 1 unspecified atom stereocenters. The molecule has 1 fully saturated rings. The molecule has 2 aliphatic heterocycles. The number of hydrogen-bond donors (Lipinski definition) is 1. The van der Waals surface area contributed by atoms with Gasteiger partial charge >= 0.3 is 10.3 Å². The lowest BCUT2D eigenvalue weighted by molar-refractivity contribution is -0.0131. The summed E-state index contributed by atoms with van der Waals surface area (Å²) in [6.07, 6.45) is 3.71. The van der Waals surface area contributed by atoms with Gasteiger partial charge in [0.1, 0.15) is 5.75 Å². The average molecular weight is 354 g/mol. The van der Waals surface area contributed by atoms with E-state index in [1.165, 1.54) is 26.3 Å². The lowest BCUT2D eigenvalue weighted by atomic mass is 9.82. The minimum atomic E-state index is -4.18. The Morgan fingerprint density at radius 1 is 1.29 bits per heavy atom. The van der Waals surface area contributed by atoms with Gasteiger partial charge in [-0.3, -0.25) is 9.45 Å². The Morgan fingerprint density at radius 3 is 2.58 bits per heavy atom. The minimum Gasteiger partial charge on any atom is -0.474 e. The lowest BCUT2D eigenvalue weighted by Crippen LogP contribution is -2.49. The summed E-state index contributed by atoms with van der Waals surface area (Å²) in [5, 5.41) is 0. The van der Waals surface area contributed by atoms with Gasteiger partial charge in [0.25, 0.3) is 0 Å². The highest BCUT2D eigenvalue weighted by molar-refractivity contribution is 7.83. The average Bonchev–Trinajstić information content (AvgIpc) is 2.78. The van der Waals surface area contributed by atoms with E-state index in [0.29, 0.717) is 0 Å². The van der Waals surface area contributed by atoms with Crippen molar-refractivity contribution in [3.63, 3.8) is 0 Å². The van der Waals surface area contributed by atoms with E-state index >= 15 is 0 Å². The number of ether oxygens (including phenoxy) is 1. The number of likely N-dealkylation sites (tertiary alicyclic amines) is 1. The van der Waals surface area contributed by atoms with Gasteiger partial charge in [0.05, 0.1) is 0 Å². The summed E-state index contributed by atoms with van der Waals surface area (Å²) in [5.74, 6) is 0.869. The van der Waals surface area contributed by atoms with E-state index in [4.69, 9.17) is 9.29 Å². The monoisotopic (exact) mass is 354 g/mol. The quantitative estimate of drug-likeness (QED) is 0.841. The predicted octanol–water partition coefficient (Wildman–Crippen LogP) is 2.40. The molecule has 2 heterocycles. The van der Waals surface area contributed by atoms with Crippen molar-refractivity contribution < 1.29 is 17.7 Å². The van der Waals surface area contributed by atoms with Gasteiger partial charge < -0.3 is 4.74 Å². The molecule has 0 spiro atoms. The van der Waals surface area contributed by atoms with Crippen molar-refractivity contribution in [1.29, 1.82) is 0 Å². The van der Waals surface area contributed by atoms with E-state index in [0.717, 1.165) is 34.3 Å².